The molecule has 0 spiro atoms. The van der Waals surface area contributed by atoms with Crippen LogP contribution in [0.3, 0.4) is 0 Å². The van der Waals surface area contributed by atoms with Crippen molar-refractivity contribution in [1.82, 2.24) is 9.97 Å². The van der Waals surface area contributed by atoms with E-state index in [1.807, 2.05) is 6.07 Å². The van der Waals surface area contributed by atoms with Gasteiger partial charge in [0, 0.05) is 30.9 Å². The summed E-state index contributed by atoms with van der Waals surface area (Å²) >= 11 is 0. The SMILES string of the molecule is NC1CCCN(c2nccc(-c3cccc(F)c3)n2)C1. The Morgan fingerprint density at radius 1 is 1.30 bits per heavy atom. The van der Waals surface area contributed by atoms with Gasteiger partial charge in [-0.25, -0.2) is 14.4 Å². The summed E-state index contributed by atoms with van der Waals surface area (Å²) in [5.41, 5.74) is 7.47. The molecule has 5 heteroatoms. The second-order valence-corrected chi connectivity index (χ2v) is 5.10. The van der Waals surface area contributed by atoms with Crippen LogP contribution in [0.1, 0.15) is 12.8 Å². The Kier molecular flexibility index (Phi) is 3.60. The quantitative estimate of drug-likeness (QED) is 0.910. The van der Waals surface area contributed by atoms with E-state index in [2.05, 4.69) is 14.9 Å². The molecule has 1 aliphatic rings. The fourth-order valence-electron chi connectivity index (χ4n) is 2.50. The molecule has 1 aromatic heterocycles. The molecule has 1 aromatic carbocycles. The van der Waals surface area contributed by atoms with Crippen LogP contribution in [0.2, 0.25) is 0 Å². The summed E-state index contributed by atoms with van der Waals surface area (Å²) in [6.45, 7) is 1.69. The summed E-state index contributed by atoms with van der Waals surface area (Å²) < 4.78 is 13.3. The molecule has 2 N–H and O–H groups in total. The number of rotatable bonds is 2. The molecule has 1 atom stereocenters. The van der Waals surface area contributed by atoms with Crippen LogP contribution in [0.25, 0.3) is 11.3 Å². The van der Waals surface area contributed by atoms with Crippen LogP contribution in [0.4, 0.5) is 10.3 Å². The Balaban J connectivity index is 1.89. The van der Waals surface area contributed by atoms with E-state index >= 15 is 0 Å². The zero-order chi connectivity index (χ0) is 13.9. The maximum Gasteiger partial charge on any atom is 0.225 e. The molecule has 2 heterocycles. The molecule has 1 fully saturated rings. The first-order valence-corrected chi connectivity index (χ1v) is 6.82. The number of hydrogen-bond donors (Lipinski definition) is 1. The van der Waals surface area contributed by atoms with Gasteiger partial charge in [-0.3, -0.25) is 0 Å². The number of aromatic nitrogens is 2. The van der Waals surface area contributed by atoms with Gasteiger partial charge in [-0.1, -0.05) is 12.1 Å². The van der Waals surface area contributed by atoms with Gasteiger partial charge < -0.3 is 10.6 Å². The molecule has 20 heavy (non-hydrogen) atoms. The van der Waals surface area contributed by atoms with Gasteiger partial charge in [-0.05, 0) is 31.0 Å². The summed E-state index contributed by atoms with van der Waals surface area (Å²) in [5, 5.41) is 0. The molecule has 1 aliphatic heterocycles. The summed E-state index contributed by atoms with van der Waals surface area (Å²) in [6, 6.07) is 8.40. The summed E-state index contributed by atoms with van der Waals surface area (Å²) in [7, 11) is 0. The van der Waals surface area contributed by atoms with Crippen LogP contribution in [-0.2, 0) is 0 Å². The fraction of sp³-hybridized carbons (Fsp3) is 0.333. The lowest BCUT2D eigenvalue weighted by Crippen LogP contribution is -2.43. The number of benzene rings is 1. The zero-order valence-electron chi connectivity index (χ0n) is 11.2. The van der Waals surface area contributed by atoms with E-state index in [0.717, 1.165) is 37.2 Å². The van der Waals surface area contributed by atoms with Gasteiger partial charge in [-0.2, -0.15) is 0 Å². The van der Waals surface area contributed by atoms with Crippen molar-refractivity contribution < 1.29 is 4.39 Å². The van der Waals surface area contributed by atoms with Crippen LogP contribution in [0.5, 0.6) is 0 Å². The summed E-state index contributed by atoms with van der Waals surface area (Å²) in [4.78, 5) is 10.9. The van der Waals surface area contributed by atoms with Crippen LogP contribution in [-0.4, -0.2) is 29.1 Å². The third kappa shape index (κ3) is 2.77. The minimum atomic E-state index is -0.261. The molecule has 3 rings (SSSR count). The van der Waals surface area contributed by atoms with Crippen molar-refractivity contribution in [3.8, 4) is 11.3 Å². The van der Waals surface area contributed by atoms with Gasteiger partial charge in [0.15, 0.2) is 0 Å². The van der Waals surface area contributed by atoms with E-state index in [9.17, 15) is 4.39 Å². The largest absolute Gasteiger partial charge is 0.339 e. The second kappa shape index (κ2) is 5.54. The lowest BCUT2D eigenvalue weighted by Gasteiger charge is -2.30. The average Bonchev–Trinajstić information content (AvgIpc) is 2.47. The van der Waals surface area contributed by atoms with Gasteiger partial charge in [-0.15, -0.1) is 0 Å². The number of hydrogen-bond acceptors (Lipinski definition) is 4. The van der Waals surface area contributed by atoms with Crippen LogP contribution in [0, 0.1) is 5.82 Å². The number of anilines is 1. The van der Waals surface area contributed by atoms with Crippen LogP contribution >= 0.6 is 0 Å². The van der Waals surface area contributed by atoms with Crippen molar-refractivity contribution in [3.05, 3.63) is 42.3 Å². The lowest BCUT2D eigenvalue weighted by molar-refractivity contribution is 0.500. The summed E-state index contributed by atoms with van der Waals surface area (Å²) in [6.07, 6.45) is 3.80. The molecule has 4 nitrogen and oxygen atoms in total. The maximum atomic E-state index is 13.3. The smallest absolute Gasteiger partial charge is 0.225 e. The Labute approximate surface area is 117 Å². The van der Waals surface area contributed by atoms with E-state index < -0.39 is 0 Å². The molecule has 1 unspecified atom stereocenters. The zero-order valence-corrected chi connectivity index (χ0v) is 11.2. The third-order valence-corrected chi connectivity index (χ3v) is 3.50. The summed E-state index contributed by atoms with van der Waals surface area (Å²) in [5.74, 6) is 0.407. The molecule has 0 bridgehead atoms. The molecule has 2 aromatic rings. The van der Waals surface area contributed by atoms with Crippen LogP contribution < -0.4 is 10.6 Å². The molecule has 1 saturated heterocycles. The Hall–Kier alpha value is -2.01. The number of nitrogens with zero attached hydrogens (tertiary/aromatic N) is 3. The second-order valence-electron chi connectivity index (χ2n) is 5.10. The predicted octanol–water partition coefficient (Wildman–Crippen LogP) is 2.21. The topological polar surface area (TPSA) is 55.0 Å². The van der Waals surface area contributed by atoms with E-state index in [-0.39, 0.29) is 11.9 Å². The predicted molar refractivity (Wildman–Crippen MR) is 76.8 cm³/mol. The van der Waals surface area contributed by atoms with E-state index in [4.69, 9.17) is 5.73 Å². The highest BCUT2D eigenvalue weighted by Gasteiger charge is 2.19. The molecule has 104 valence electrons. The molecular formula is C15H17FN4. The first-order chi connectivity index (χ1) is 9.72. The van der Waals surface area contributed by atoms with Crippen molar-refractivity contribution in [2.24, 2.45) is 5.73 Å². The Morgan fingerprint density at radius 3 is 3.00 bits per heavy atom. The third-order valence-electron chi connectivity index (χ3n) is 3.50. The molecule has 0 amide bonds. The fourth-order valence-corrected chi connectivity index (χ4v) is 2.50. The Morgan fingerprint density at radius 2 is 2.20 bits per heavy atom. The van der Waals surface area contributed by atoms with E-state index in [1.165, 1.54) is 12.1 Å². The Bertz CT molecular complexity index is 602. The highest BCUT2D eigenvalue weighted by atomic mass is 19.1. The van der Waals surface area contributed by atoms with E-state index in [1.54, 1.807) is 18.3 Å². The van der Waals surface area contributed by atoms with Crippen molar-refractivity contribution >= 4 is 5.95 Å². The normalized spacial score (nSPS) is 19.1. The first-order valence-electron chi connectivity index (χ1n) is 6.82. The minimum absolute atomic E-state index is 0.171. The minimum Gasteiger partial charge on any atom is -0.339 e. The molecule has 0 saturated carbocycles. The van der Waals surface area contributed by atoms with Gasteiger partial charge in [0.2, 0.25) is 5.95 Å². The monoisotopic (exact) mass is 272 g/mol. The molecule has 0 radical (unpaired) electrons. The number of halogens is 1. The lowest BCUT2D eigenvalue weighted by atomic mass is 10.1. The van der Waals surface area contributed by atoms with E-state index in [0.29, 0.717) is 5.95 Å². The average molecular weight is 272 g/mol. The number of nitrogens with two attached hydrogens (primary N) is 1. The van der Waals surface area contributed by atoms with Crippen molar-refractivity contribution in [2.45, 2.75) is 18.9 Å². The van der Waals surface area contributed by atoms with Gasteiger partial charge >= 0.3 is 0 Å². The maximum absolute atomic E-state index is 13.3. The number of piperidine rings is 1. The van der Waals surface area contributed by atoms with Crippen molar-refractivity contribution in [1.29, 1.82) is 0 Å². The van der Waals surface area contributed by atoms with Crippen molar-refractivity contribution in [3.63, 3.8) is 0 Å². The molecule has 0 aliphatic carbocycles. The highest BCUT2D eigenvalue weighted by Crippen LogP contribution is 2.21. The van der Waals surface area contributed by atoms with Crippen molar-refractivity contribution in [2.75, 3.05) is 18.0 Å². The highest BCUT2D eigenvalue weighted by molar-refractivity contribution is 5.60. The first kappa shape index (κ1) is 13.0. The van der Waals surface area contributed by atoms with Gasteiger partial charge in [0.1, 0.15) is 5.82 Å². The van der Waals surface area contributed by atoms with Gasteiger partial charge in [0.05, 0.1) is 5.69 Å². The van der Waals surface area contributed by atoms with Gasteiger partial charge in [0.25, 0.3) is 0 Å². The molecular weight excluding hydrogens is 255 g/mol. The standard InChI is InChI=1S/C15H17FN4/c16-12-4-1-3-11(9-12)14-6-7-18-15(19-14)20-8-2-5-13(17)10-20/h1,3-4,6-7,9,13H,2,5,8,10,17H2. The van der Waals surface area contributed by atoms with Crippen LogP contribution in [0.15, 0.2) is 36.5 Å².